The number of ether oxygens (including phenoxy) is 1. The summed E-state index contributed by atoms with van der Waals surface area (Å²) < 4.78 is 11.4. The van der Waals surface area contributed by atoms with Crippen LogP contribution in [0.2, 0.25) is 0 Å². The molecule has 39 heavy (non-hydrogen) atoms. The van der Waals surface area contributed by atoms with E-state index in [4.69, 9.17) is 19.2 Å². The van der Waals surface area contributed by atoms with Gasteiger partial charge in [0.2, 0.25) is 11.9 Å². The van der Waals surface area contributed by atoms with Gasteiger partial charge in [0.25, 0.3) is 0 Å². The molecular formula is C30H34N6O3. The zero-order chi connectivity index (χ0) is 26.9. The van der Waals surface area contributed by atoms with Crippen molar-refractivity contribution in [1.29, 1.82) is 0 Å². The quantitative estimate of drug-likeness (QED) is 0.408. The van der Waals surface area contributed by atoms with Crippen molar-refractivity contribution in [2.24, 2.45) is 5.92 Å². The maximum Gasteiger partial charge on any atom is 0.227 e. The standard InChI is InChI=1S/C30H34N6O3/c1-19-27(20(2)39-34-19)23-9-10-25-24(17-23)28(36-15-16-38-18-26(36)21-7-5-4-6-8-21)33-30(32-25)35-13-11-22(12-14-35)29(37)31-3/h4-10,17,22,26H,11-16,18H2,1-3H3,(H,31,37)/t26-/m1/s1. The lowest BCUT2D eigenvalue weighted by molar-refractivity contribution is -0.125. The Balaban J connectivity index is 1.46. The van der Waals surface area contributed by atoms with Crippen LogP contribution in [0.1, 0.15) is 35.9 Å². The number of hydrogen-bond donors (Lipinski definition) is 1. The third-order valence-corrected chi connectivity index (χ3v) is 7.97. The molecular weight excluding hydrogens is 492 g/mol. The molecule has 2 aliphatic rings. The van der Waals surface area contributed by atoms with Crippen molar-refractivity contribution < 1.29 is 14.1 Å². The number of anilines is 2. The molecule has 0 saturated carbocycles. The van der Waals surface area contributed by atoms with Crippen molar-refractivity contribution in [3.05, 3.63) is 65.5 Å². The summed E-state index contributed by atoms with van der Waals surface area (Å²) in [5.74, 6) is 2.54. The highest BCUT2D eigenvalue weighted by molar-refractivity contribution is 5.94. The lowest BCUT2D eigenvalue weighted by atomic mass is 9.96. The number of nitrogens with zero attached hydrogens (tertiary/aromatic N) is 5. The zero-order valence-corrected chi connectivity index (χ0v) is 22.7. The van der Waals surface area contributed by atoms with Crippen molar-refractivity contribution >= 4 is 28.6 Å². The molecule has 2 saturated heterocycles. The largest absolute Gasteiger partial charge is 0.377 e. The van der Waals surface area contributed by atoms with Gasteiger partial charge in [-0.05, 0) is 49.9 Å². The van der Waals surface area contributed by atoms with Crippen LogP contribution in [0.5, 0.6) is 0 Å². The fraction of sp³-hybridized carbons (Fsp3) is 0.400. The Bertz CT molecular complexity index is 1460. The van der Waals surface area contributed by atoms with E-state index < -0.39 is 0 Å². The first-order valence-corrected chi connectivity index (χ1v) is 13.6. The molecule has 0 spiro atoms. The van der Waals surface area contributed by atoms with Crippen molar-refractivity contribution in [2.75, 3.05) is 49.7 Å². The number of morpholine rings is 1. The molecule has 9 heteroatoms. The van der Waals surface area contributed by atoms with Gasteiger partial charge in [-0.2, -0.15) is 4.98 Å². The number of piperidine rings is 1. The highest BCUT2D eigenvalue weighted by Crippen LogP contribution is 2.38. The molecule has 6 rings (SSSR count). The van der Waals surface area contributed by atoms with Crippen molar-refractivity contribution in [3.8, 4) is 11.1 Å². The lowest BCUT2D eigenvalue weighted by Crippen LogP contribution is -2.42. The van der Waals surface area contributed by atoms with Crippen LogP contribution in [-0.2, 0) is 9.53 Å². The maximum atomic E-state index is 12.2. The fourth-order valence-electron chi connectivity index (χ4n) is 5.87. The zero-order valence-electron chi connectivity index (χ0n) is 22.7. The Kier molecular flexibility index (Phi) is 6.91. The fourth-order valence-corrected chi connectivity index (χ4v) is 5.87. The first-order valence-electron chi connectivity index (χ1n) is 13.6. The minimum absolute atomic E-state index is 0.0329. The molecule has 2 fully saturated rings. The summed E-state index contributed by atoms with van der Waals surface area (Å²) in [7, 11) is 1.70. The van der Waals surface area contributed by atoms with Crippen molar-refractivity contribution in [1.82, 2.24) is 20.4 Å². The molecule has 0 aliphatic carbocycles. The van der Waals surface area contributed by atoms with Crippen LogP contribution in [0.4, 0.5) is 11.8 Å². The highest BCUT2D eigenvalue weighted by Gasteiger charge is 2.30. The lowest BCUT2D eigenvalue weighted by Gasteiger charge is -2.38. The smallest absolute Gasteiger partial charge is 0.227 e. The van der Waals surface area contributed by atoms with Gasteiger partial charge < -0.3 is 24.4 Å². The van der Waals surface area contributed by atoms with Crippen LogP contribution < -0.4 is 15.1 Å². The molecule has 9 nitrogen and oxygen atoms in total. The Morgan fingerprint density at radius 3 is 2.54 bits per heavy atom. The molecule has 2 aromatic carbocycles. The SMILES string of the molecule is CNC(=O)C1CCN(c2nc(N3CCOC[C@@H]3c3ccccc3)c3cc(-c4c(C)noc4C)ccc3n2)CC1. The van der Waals surface area contributed by atoms with Crippen LogP contribution in [0, 0.1) is 19.8 Å². The van der Waals surface area contributed by atoms with Gasteiger partial charge in [0.15, 0.2) is 0 Å². The van der Waals surface area contributed by atoms with Crippen LogP contribution >= 0.6 is 0 Å². The molecule has 0 radical (unpaired) electrons. The third-order valence-electron chi connectivity index (χ3n) is 7.97. The van der Waals surface area contributed by atoms with Crippen LogP contribution in [0.25, 0.3) is 22.0 Å². The predicted molar refractivity (Wildman–Crippen MR) is 151 cm³/mol. The summed E-state index contributed by atoms with van der Waals surface area (Å²) in [6.45, 7) is 7.33. The molecule has 1 amide bonds. The summed E-state index contributed by atoms with van der Waals surface area (Å²) in [4.78, 5) is 27.0. The van der Waals surface area contributed by atoms with Crippen LogP contribution in [-0.4, -0.2) is 60.9 Å². The first-order chi connectivity index (χ1) is 19.0. The number of nitrogens with one attached hydrogen (secondary N) is 1. The normalized spacial score (nSPS) is 18.5. The number of aryl methyl sites for hydroxylation is 2. The minimum Gasteiger partial charge on any atom is -0.377 e. The summed E-state index contributed by atoms with van der Waals surface area (Å²) in [6.07, 6.45) is 1.57. The average molecular weight is 527 g/mol. The topological polar surface area (TPSA) is 96.6 Å². The summed E-state index contributed by atoms with van der Waals surface area (Å²) >= 11 is 0. The van der Waals surface area contributed by atoms with Gasteiger partial charge in [0.05, 0.1) is 30.5 Å². The van der Waals surface area contributed by atoms with Gasteiger partial charge in [0.1, 0.15) is 11.6 Å². The Hall–Kier alpha value is -3.98. The summed E-state index contributed by atoms with van der Waals surface area (Å²) in [5, 5.41) is 7.95. The molecule has 2 aliphatic heterocycles. The van der Waals surface area contributed by atoms with E-state index in [2.05, 4.69) is 62.7 Å². The number of carbonyl (C=O) groups is 1. The number of carbonyl (C=O) groups excluding carboxylic acids is 1. The number of aromatic nitrogens is 3. The Morgan fingerprint density at radius 1 is 1.03 bits per heavy atom. The van der Waals surface area contributed by atoms with Gasteiger partial charge in [-0.25, -0.2) is 4.98 Å². The van der Waals surface area contributed by atoms with E-state index in [1.165, 1.54) is 5.56 Å². The molecule has 4 heterocycles. The highest BCUT2D eigenvalue weighted by atomic mass is 16.5. The predicted octanol–water partition coefficient (Wildman–Crippen LogP) is 4.44. The number of rotatable bonds is 5. The number of hydrogen-bond acceptors (Lipinski definition) is 8. The van der Waals surface area contributed by atoms with Crippen molar-refractivity contribution in [2.45, 2.75) is 32.7 Å². The second kappa shape index (κ2) is 10.6. The average Bonchev–Trinajstić information content (AvgIpc) is 3.33. The molecule has 1 atom stereocenters. The van der Waals surface area contributed by atoms with Gasteiger partial charge in [-0.15, -0.1) is 0 Å². The van der Waals surface area contributed by atoms with Gasteiger partial charge in [-0.3, -0.25) is 4.79 Å². The van der Waals surface area contributed by atoms with Crippen LogP contribution in [0.15, 0.2) is 53.1 Å². The molecule has 0 unspecified atom stereocenters. The Labute approximate surface area is 228 Å². The second-order valence-corrected chi connectivity index (χ2v) is 10.3. The van der Waals surface area contributed by atoms with Gasteiger partial charge >= 0.3 is 0 Å². The Morgan fingerprint density at radius 2 is 1.82 bits per heavy atom. The molecule has 0 bridgehead atoms. The molecule has 202 valence electrons. The second-order valence-electron chi connectivity index (χ2n) is 10.3. The van der Waals surface area contributed by atoms with Crippen molar-refractivity contribution in [3.63, 3.8) is 0 Å². The third kappa shape index (κ3) is 4.83. The van der Waals surface area contributed by atoms with E-state index in [1.807, 2.05) is 19.9 Å². The maximum absolute atomic E-state index is 12.2. The van der Waals surface area contributed by atoms with Crippen LogP contribution in [0.3, 0.4) is 0 Å². The number of amides is 1. The van der Waals surface area contributed by atoms with E-state index in [0.29, 0.717) is 19.2 Å². The van der Waals surface area contributed by atoms with E-state index in [1.54, 1.807) is 7.05 Å². The summed E-state index contributed by atoms with van der Waals surface area (Å²) in [6, 6.07) is 16.8. The molecule has 2 aromatic heterocycles. The van der Waals surface area contributed by atoms with E-state index in [-0.39, 0.29) is 17.9 Å². The monoisotopic (exact) mass is 526 g/mol. The first kappa shape index (κ1) is 25.3. The van der Waals surface area contributed by atoms with E-state index >= 15 is 0 Å². The molecule has 1 N–H and O–H groups in total. The van der Waals surface area contributed by atoms with Gasteiger partial charge in [-0.1, -0.05) is 41.6 Å². The molecule has 4 aromatic rings. The van der Waals surface area contributed by atoms with E-state index in [0.717, 1.165) is 71.8 Å². The number of fused-ring (bicyclic) bond motifs is 1. The van der Waals surface area contributed by atoms with Gasteiger partial charge in [0, 0.05) is 43.5 Å². The number of benzene rings is 2. The summed E-state index contributed by atoms with van der Waals surface area (Å²) in [5.41, 5.74) is 4.98. The minimum atomic E-state index is 0.0329. The van der Waals surface area contributed by atoms with E-state index in [9.17, 15) is 4.79 Å².